The molecule has 0 aromatic heterocycles. The minimum Gasteiger partial charge on any atom is -0.507 e. The van der Waals surface area contributed by atoms with Gasteiger partial charge in [-0.05, 0) is 41.2 Å². The van der Waals surface area contributed by atoms with Crippen LogP contribution in [0.2, 0.25) is 0 Å². The van der Waals surface area contributed by atoms with Gasteiger partial charge in [0.05, 0.1) is 5.56 Å². The number of ether oxygens (including phenoxy) is 1. The van der Waals surface area contributed by atoms with Gasteiger partial charge in [-0.25, -0.2) is 4.79 Å². The van der Waals surface area contributed by atoms with Crippen LogP contribution in [0.3, 0.4) is 0 Å². The minimum absolute atomic E-state index is 0.244. The van der Waals surface area contributed by atoms with E-state index < -0.39 is 5.97 Å². The molecule has 0 heterocycles. The first kappa shape index (κ1) is 19.4. The van der Waals surface area contributed by atoms with E-state index in [4.69, 9.17) is 4.74 Å². The molecule has 0 saturated carbocycles. The summed E-state index contributed by atoms with van der Waals surface area (Å²) in [6.07, 6.45) is 0. The molecule has 3 nitrogen and oxygen atoms in total. The molecule has 2 aromatic rings. The molecule has 0 amide bonds. The molecule has 25 heavy (non-hydrogen) atoms. The standard InChI is InChI=1S/C21H26O3S/c1-20(2,3)16-10-13(11-17(18(16)22)21(4,5)6)19(23)24-14-8-7-9-15(25)12-14/h7-12,22,25H,1-6H3. The average Bonchev–Trinajstić information content (AvgIpc) is 2.44. The SMILES string of the molecule is CC(C)(C)c1cc(C(=O)Oc2cccc(S)c2)cc(C(C)(C)C)c1O. The molecule has 0 saturated heterocycles. The van der Waals surface area contributed by atoms with Crippen molar-refractivity contribution in [1.82, 2.24) is 0 Å². The second kappa shape index (κ2) is 6.75. The highest BCUT2D eigenvalue weighted by atomic mass is 32.1. The summed E-state index contributed by atoms with van der Waals surface area (Å²) in [7, 11) is 0. The first-order chi connectivity index (χ1) is 11.4. The van der Waals surface area contributed by atoms with Crippen LogP contribution in [-0.4, -0.2) is 11.1 Å². The Balaban J connectivity index is 2.51. The fourth-order valence-electron chi connectivity index (χ4n) is 2.61. The number of thiol groups is 1. The van der Waals surface area contributed by atoms with Crippen molar-refractivity contribution in [1.29, 1.82) is 0 Å². The molecule has 0 fully saturated rings. The Kier molecular flexibility index (Phi) is 5.24. The number of hydrogen-bond donors (Lipinski definition) is 2. The topological polar surface area (TPSA) is 46.5 Å². The number of hydrogen-bond acceptors (Lipinski definition) is 4. The summed E-state index contributed by atoms with van der Waals surface area (Å²) in [6.45, 7) is 12.0. The molecule has 134 valence electrons. The van der Waals surface area contributed by atoms with E-state index in [1.807, 2.05) is 47.6 Å². The van der Waals surface area contributed by atoms with Gasteiger partial charge in [-0.1, -0.05) is 47.6 Å². The minimum atomic E-state index is -0.449. The van der Waals surface area contributed by atoms with E-state index in [9.17, 15) is 9.90 Å². The second-order valence-electron chi connectivity index (χ2n) is 8.31. The lowest BCUT2D eigenvalue weighted by Crippen LogP contribution is -2.20. The smallest absolute Gasteiger partial charge is 0.343 e. The Morgan fingerprint density at radius 3 is 1.92 bits per heavy atom. The van der Waals surface area contributed by atoms with Crippen molar-refractivity contribution < 1.29 is 14.6 Å². The van der Waals surface area contributed by atoms with E-state index in [2.05, 4.69) is 12.6 Å². The highest BCUT2D eigenvalue weighted by molar-refractivity contribution is 7.80. The third-order valence-electron chi connectivity index (χ3n) is 3.99. The van der Waals surface area contributed by atoms with Crippen LogP contribution in [0.5, 0.6) is 11.5 Å². The number of phenolic OH excluding ortho intramolecular Hbond substituents is 1. The van der Waals surface area contributed by atoms with Crippen LogP contribution in [-0.2, 0) is 10.8 Å². The van der Waals surface area contributed by atoms with Crippen LogP contribution < -0.4 is 4.74 Å². The highest BCUT2D eigenvalue weighted by Crippen LogP contribution is 2.40. The molecule has 0 radical (unpaired) electrons. The fraction of sp³-hybridized carbons (Fsp3) is 0.381. The molecule has 0 bridgehead atoms. The van der Waals surface area contributed by atoms with Crippen molar-refractivity contribution >= 4 is 18.6 Å². The van der Waals surface area contributed by atoms with E-state index in [1.165, 1.54) is 0 Å². The summed E-state index contributed by atoms with van der Waals surface area (Å²) >= 11 is 4.26. The van der Waals surface area contributed by atoms with Gasteiger partial charge in [-0.3, -0.25) is 0 Å². The number of aromatic hydroxyl groups is 1. The van der Waals surface area contributed by atoms with Crippen LogP contribution in [0, 0.1) is 0 Å². The molecule has 0 unspecified atom stereocenters. The molecule has 0 aliphatic heterocycles. The zero-order valence-electron chi connectivity index (χ0n) is 15.7. The molecule has 0 aliphatic rings. The van der Waals surface area contributed by atoms with Gasteiger partial charge in [0.1, 0.15) is 11.5 Å². The zero-order chi connectivity index (χ0) is 19.0. The number of esters is 1. The van der Waals surface area contributed by atoms with Crippen LogP contribution in [0.25, 0.3) is 0 Å². The van der Waals surface area contributed by atoms with Crippen molar-refractivity contribution in [2.45, 2.75) is 57.3 Å². The summed E-state index contributed by atoms with van der Waals surface area (Å²) in [5, 5.41) is 10.7. The van der Waals surface area contributed by atoms with Gasteiger partial charge < -0.3 is 9.84 Å². The first-order valence-electron chi connectivity index (χ1n) is 8.29. The summed E-state index contributed by atoms with van der Waals surface area (Å²) < 4.78 is 5.49. The summed E-state index contributed by atoms with van der Waals surface area (Å²) in [5.74, 6) is 0.240. The average molecular weight is 359 g/mol. The molecule has 2 rings (SSSR count). The molecule has 4 heteroatoms. The molecule has 0 aliphatic carbocycles. The largest absolute Gasteiger partial charge is 0.507 e. The van der Waals surface area contributed by atoms with E-state index in [1.54, 1.807) is 30.3 Å². The maximum absolute atomic E-state index is 12.7. The predicted octanol–water partition coefficient (Wildman–Crippen LogP) is 5.50. The number of benzene rings is 2. The van der Waals surface area contributed by atoms with Crippen LogP contribution in [0.4, 0.5) is 0 Å². The maximum atomic E-state index is 12.7. The summed E-state index contributed by atoms with van der Waals surface area (Å²) in [5.41, 5.74) is 1.29. The molecule has 2 aromatic carbocycles. The molecular weight excluding hydrogens is 332 g/mol. The van der Waals surface area contributed by atoms with Crippen molar-refractivity contribution in [2.75, 3.05) is 0 Å². The molecular formula is C21H26O3S. The van der Waals surface area contributed by atoms with Gasteiger partial charge >= 0.3 is 5.97 Å². The lowest BCUT2D eigenvalue weighted by atomic mass is 9.78. The van der Waals surface area contributed by atoms with Crippen molar-refractivity contribution in [2.24, 2.45) is 0 Å². The van der Waals surface area contributed by atoms with E-state index in [0.29, 0.717) is 11.3 Å². The Labute approximate surface area is 155 Å². The van der Waals surface area contributed by atoms with Gasteiger partial charge in [0.2, 0.25) is 0 Å². The predicted molar refractivity (Wildman–Crippen MR) is 104 cm³/mol. The third kappa shape index (κ3) is 4.57. The summed E-state index contributed by atoms with van der Waals surface area (Å²) in [4.78, 5) is 13.4. The normalized spacial score (nSPS) is 12.1. The van der Waals surface area contributed by atoms with Gasteiger partial charge in [-0.15, -0.1) is 12.6 Å². The fourth-order valence-corrected chi connectivity index (χ4v) is 2.82. The molecule has 1 N–H and O–H groups in total. The summed E-state index contributed by atoms with van der Waals surface area (Å²) in [6, 6.07) is 10.4. The van der Waals surface area contributed by atoms with Crippen molar-refractivity contribution in [3.63, 3.8) is 0 Å². The van der Waals surface area contributed by atoms with E-state index >= 15 is 0 Å². The Morgan fingerprint density at radius 1 is 0.960 bits per heavy atom. The number of rotatable bonds is 2. The van der Waals surface area contributed by atoms with E-state index in [0.717, 1.165) is 16.0 Å². The number of phenols is 1. The van der Waals surface area contributed by atoms with E-state index in [-0.39, 0.29) is 16.6 Å². The van der Waals surface area contributed by atoms with Crippen LogP contribution in [0.1, 0.15) is 63.0 Å². The first-order valence-corrected chi connectivity index (χ1v) is 8.73. The number of carbonyl (C=O) groups excluding carboxylic acids is 1. The van der Waals surface area contributed by atoms with Crippen LogP contribution in [0.15, 0.2) is 41.3 Å². The Morgan fingerprint density at radius 2 is 1.48 bits per heavy atom. The lowest BCUT2D eigenvalue weighted by molar-refractivity contribution is 0.0734. The van der Waals surface area contributed by atoms with Gasteiger partial charge in [-0.2, -0.15) is 0 Å². The monoisotopic (exact) mass is 358 g/mol. The van der Waals surface area contributed by atoms with Gasteiger partial charge in [0.15, 0.2) is 0 Å². The van der Waals surface area contributed by atoms with Crippen molar-refractivity contribution in [3.05, 3.63) is 53.1 Å². The maximum Gasteiger partial charge on any atom is 0.343 e. The quantitative estimate of drug-likeness (QED) is 0.423. The second-order valence-corrected chi connectivity index (χ2v) is 8.82. The van der Waals surface area contributed by atoms with Crippen molar-refractivity contribution in [3.8, 4) is 11.5 Å². The Bertz CT molecular complexity index is 761. The van der Waals surface area contributed by atoms with Gasteiger partial charge in [0, 0.05) is 16.0 Å². The Hall–Kier alpha value is -1.94. The van der Waals surface area contributed by atoms with Crippen LogP contribution >= 0.6 is 12.6 Å². The molecule has 0 spiro atoms. The highest BCUT2D eigenvalue weighted by Gasteiger charge is 2.28. The van der Waals surface area contributed by atoms with Gasteiger partial charge in [0.25, 0.3) is 0 Å². The zero-order valence-corrected chi connectivity index (χ0v) is 16.6. The third-order valence-corrected chi connectivity index (χ3v) is 4.27. The number of carbonyl (C=O) groups is 1. The molecule has 0 atom stereocenters. The lowest BCUT2D eigenvalue weighted by Gasteiger charge is -2.27.